The molecule has 0 radical (unpaired) electrons. The Hall–Kier alpha value is -3.37. The van der Waals surface area contributed by atoms with Gasteiger partial charge in [0.15, 0.2) is 5.75 Å². The molecule has 12 heteroatoms. The Bertz CT molecular complexity index is 1340. The molecule has 3 aromatic rings. The van der Waals surface area contributed by atoms with E-state index >= 15 is 0 Å². The normalized spacial score (nSPS) is 12.5. The van der Waals surface area contributed by atoms with Gasteiger partial charge in [0.1, 0.15) is 11.3 Å². The van der Waals surface area contributed by atoms with E-state index in [9.17, 15) is 18.4 Å². The van der Waals surface area contributed by atoms with E-state index in [1.54, 1.807) is 76.2 Å². The molecular weight excluding hydrogens is 567 g/mol. The summed E-state index contributed by atoms with van der Waals surface area (Å²) in [6.45, 7) is 6.96. The van der Waals surface area contributed by atoms with Gasteiger partial charge in [-0.25, -0.2) is 23.1 Å². The number of rotatable bonds is 10. The van der Waals surface area contributed by atoms with Gasteiger partial charge in [0.25, 0.3) is 5.92 Å². The lowest BCUT2D eigenvalue weighted by atomic mass is 10.1. The van der Waals surface area contributed by atoms with Crippen LogP contribution in [0.4, 0.5) is 13.6 Å². The van der Waals surface area contributed by atoms with Gasteiger partial charge in [-0.3, -0.25) is 0 Å². The van der Waals surface area contributed by atoms with Crippen LogP contribution in [0.15, 0.2) is 48.5 Å². The topological polar surface area (TPSA) is 91.7 Å². The lowest BCUT2D eigenvalue weighted by Crippen LogP contribution is -2.48. The molecule has 0 aliphatic rings. The Morgan fingerprint density at radius 2 is 1.70 bits per heavy atom. The van der Waals surface area contributed by atoms with E-state index in [0.29, 0.717) is 33.9 Å². The van der Waals surface area contributed by atoms with Crippen molar-refractivity contribution < 1.29 is 32.6 Å². The number of nitrogens with one attached hydrogen (secondary N) is 1. The summed E-state index contributed by atoms with van der Waals surface area (Å²) in [6.07, 6.45) is -1.30. The van der Waals surface area contributed by atoms with Crippen molar-refractivity contribution in [2.24, 2.45) is 0 Å². The number of halogens is 4. The molecule has 0 aliphatic heterocycles. The van der Waals surface area contributed by atoms with Crippen molar-refractivity contribution in [3.05, 3.63) is 64.3 Å². The molecular formula is C28H31Cl2F2N3O5. The lowest BCUT2D eigenvalue weighted by Gasteiger charge is -2.27. The highest BCUT2D eigenvalue weighted by Crippen LogP contribution is 2.38. The number of aromatic nitrogens is 2. The second-order valence-electron chi connectivity index (χ2n) is 9.91. The number of carbonyl (C=O) groups is 2. The van der Waals surface area contributed by atoms with Gasteiger partial charge in [-0.15, -0.1) is 0 Å². The minimum Gasteiger partial charge on any atom is -0.489 e. The molecule has 0 spiro atoms. The van der Waals surface area contributed by atoms with Crippen molar-refractivity contribution in [1.29, 1.82) is 0 Å². The van der Waals surface area contributed by atoms with E-state index in [2.05, 4.69) is 10.4 Å². The highest BCUT2D eigenvalue weighted by Gasteiger charge is 2.37. The first-order valence-electron chi connectivity index (χ1n) is 12.5. The Morgan fingerprint density at radius 3 is 2.27 bits per heavy atom. The maximum absolute atomic E-state index is 14.4. The van der Waals surface area contributed by atoms with Crippen molar-refractivity contribution in [3.8, 4) is 22.7 Å². The Balaban J connectivity index is 2.04. The number of hydrogen-bond donors (Lipinski definition) is 1. The maximum atomic E-state index is 14.4. The Labute approximate surface area is 241 Å². The van der Waals surface area contributed by atoms with Crippen LogP contribution in [0.1, 0.15) is 51.5 Å². The van der Waals surface area contributed by atoms with E-state index in [1.165, 1.54) is 4.68 Å². The van der Waals surface area contributed by atoms with Gasteiger partial charge in [0.05, 0.1) is 30.0 Å². The van der Waals surface area contributed by atoms with Crippen molar-refractivity contribution in [2.45, 2.75) is 58.6 Å². The summed E-state index contributed by atoms with van der Waals surface area (Å²) >= 11 is 12.6. The molecule has 1 amide bonds. The van der Waals surface area contributed by atoms with E-state index in [-0.39, 0.29) is 31.1 Å². The lowest BCUT2D eigenvalue weighted by molar-refractivity contribution is -0.0297. The van der Waals surface area contributed by atoms with Crippen LogP contribution >= 0.6 is 23.2 Å². The van der Waals surface area contributed by atoms with Crippen molar-refractivity contribution in [2.75, 3.05) is 13.2 Å². The van der Waals surface area contributed by atoms with E-state index in [4.69, 9.17) is 37.4 Å². The summed E-state index contributed by atoms with van der Waals surface area (Å²) in [5.41, 5.74) is 0.286. The molecule has 0 fully saturated rings. The number of ether oxygens (including phenoxy) is 3. The first-order valence-corrected chi connectivity index (χ1v) is 13.3. The number of esters is 1. The summed E-state index contributed by atoms with van der Waals surface area (Å²) in [5.74, 6) is -4.08. The number of para-hydroxylation sites is 1. The Morgan fingerprint density at radius 1 is 1.05 bits per heavy atom. The monoisotopic (exact) mass is 597 g/mol. The molecule has 0 saturated carbocycles. The first-order chi connectivity index (χ1) is 18.7. The summed E-state index contributed by atoms with van der Waals surface area (Å²) in [7, 11) is 0. The first kappa shape index (κ1) is 31.2. The standard InChI is InChI=1S/C28H31Cl2F2N3O5/c1-6-38-25(36)22-24(39-16-15-21(28(5,31)32)33-26(37)40-27(2,3)4)23(17-11-13-18(29)14-12-17)35(34-22)20-10-8-7-9-19(20)30/h7-14,21H,6,15-16H2,1-5H3,(H,33,37). The van der Waals surface area contributed by atoms with Crippen LogP contribution < -0.4 is 10.1 Å². The number of carbonyl (C=O) groups excluding carboxylic acids is 2. The minimum absolute atomic E-state index is 0.00358. The van der Waals surface area contributed by atoms with Crippen LogP contribution in [0.2, 0.25) is 10.0 Å². The fourth-order valence-corrected chi connectivity index (χ4v) is 4.06. The molecule has 2 aromatic carbocycles. The molecule has 0 aliphatic carbocycles. The van der Waals surface area contributed by atoms with Crippen LogP contribution in [0.25, 0.3) is 16.9 Å². The summed E-state index contributed by atoms with van der Waals surface area (Å²) in [6, 6.07) is 11.9. The average molecular weight is 598 g/mol. The van der Waals surface area contributed by atoms with Crippen LogP contribution in [0.3, 0.4) is 0 Å². The molecule has 0 saturated heterocycles. The van der Waals surface area contributed by atoms with Gasteiger partial charge in [-0.05, 0) is 52.0 Å². The van der Waals surface area contributed by atoms with E-state index < -0.39 is 29.6 Å². The molecule has 8 nitrogen and oxygen atoms in total. The highest BCUT2D eigenvalue weighted by molar-refractivity contribution is 6.32. The SMILES string of the molecule is CCOC(=O)c1nn(-c2ccccc2Cl)c(-c2ccc(Cl)cc2)c1OCCC(NC(=O)OC(C)(C)C)C(C)(F)F. The number of hydrogen-bond acceptors (Lipinski definition) is 6. The molecule has 0 bridgehead atoms. The largest absolute Gasteiger partial charge is 0.489 e. The van der Waals surface area contributed by atoms with Crippen molar-refractivity contribution in [1.82, 2.24) is 15.1 Å². The third-order valence-electron chi connectivity index (χ3n) is 5.46. The predicted octanol–water partition coefficient (Wildman–Crippen LogP) is 7.34. The summed E-state index contributed by atoms with van der Waals surface area (Å²) < 4.78 is 46.6. The minimum atomic E-state index is -3.30. The van der Waals surface area contributed by atoms with Crippen LogP contribution in [0.5, 0.6) is 5.75 Å². The van der Waals surface area contributed by atoms with Crippen LogP contribution in [-0.2, 0) is 9.47 Å². The second-order valence-corrected chi connectivity index (χ2v) is 10.8. The molecule has 1 unspecified atom stereocenters. The number of nitrogens with zero attached hydrogens (tertiary/aromatic N) is 2. The Kier molecular flexibility index (Phi) is 10.0. The number of amides is 1. The van der Waals surface area contributed by atoms with Crippen LogP contribution in [-0.4, -0.2) is 52.6 Å². The molecule has 1 atom stereocenters. The third kappa shape index (κ3) is 8.08. The molecule has 1 N–H and O–H groups in total. The molecule has 216 valence electrons. The van der Waals surface area contributed by atoms with Gasteiger partial charge in [0, 0.05) is 23.9 Å². The second kappa shape index (κ2) is 12.9. The summed E-state index contributed by atoms with van der Waals surface area (Å²) in [5, 5.41) is 7.48. The average Bonchev–Trinajstić information content (AvgIpc) is 3.22. The molecule has 3 rings (SSSR count). The fourth-order valence-electron chi connectivity index (χ4n) is 3.71. The van der Waals surface area contributed by atoms with Gasteiger partial charge in [-0.1, -0.05) is 47.5 Å². The molecule has 40 heavy (non-hydrogen) atoms. The number of alkyl halides is 2. The predicted molar refractivity (Wildman–Crippen MR) is 149 cm³/mol. The van der Waals surface area contributed by atoms with E-state index in [1.807, 2.05) is 0 Å². The quantitative estimate of drug-likeness (QED) is 0.246. The fraction of sp³-hybridized carbons (Fsp3) is 0.393. The summed E-state index contributed by atoms with van der Waals surface area (Å²) in [4.78, 5) is 25.2. The van der Waals surface area contributed by atoms with E-state index in [0.717, 1.165) is 0 Å². The van der Waals surface area contributed by atoms with Crippen molar-refractivity contribution >= 4 is 35.3 Å². The zero-order valence-electron chi connectivity index (χ0n) is 22.8. The van der Waals surface area contributed by atoms with Gasteiger partial charge < -0.3 is 19.5 Å². The van der Waals surface area contributed by atoms with Gasteiger partial charge in [-0.2, -0.15) is 5.10 Å². The number of benzene rings is 2. The van der Waals surface area contributed by atoms with Gasteiger partial charge in [0.2, 0.25) is 5.69 Å². The smallest absolute Gasteiger partial charge is 0.408 e. The van der Waals surface area contributed by atoms with Crippen molar-refractivity contribution in [3.63, 3.8) is 0 Å². The third-order valence-corrected chi connectivity index (χ3v) is 6.04. The molecule has 1 heterocycles. The molecule has 1 aromatic heterocycles. The van der Waals surface area contributed by atoms with Gasteiger partial charge >= 0.3 is 12.1 Å². The maximum Gasteiger partial charge on any atom is 0.408 e. The van der Waals surface area contributed by atoms with Crippen LogP contribution in [0, 0.1) is 0 Å². The number of alkyl carbamates (subject to hydrolysis) is 1. The zero-order chi connectivity index (χ0) is 29.7. The zero-order valence-corrected chi connectivity index (χ0v) is 24.3. The highest BCUT2D eigenvalue weighted by atomic mass is 35.5.